The van der Waals surface area contributed by atoms with Crippen molar-refractivity contribution in [3.05, 3.63) is 54.4 Å². The van der Waals surface area contributed by atoms with Crippen molar-refractivity contribution in [2.45, 2.75) is 18.7 Å². The normalized spacial score (nSPS) is 11.3. The van der Waals surface area contributed by atoms with E-state index in [4.69, 9.17) is 4.74 Å². The fraction of sp³-hybridized carbons (Fsp3) is 0.188. The minimum absolute atomic E-state index is 0.156. The van der Waals surface area contributed by atoms with Crippen molar-refractivity contribution in [1.82, 2.24) is 20.2 Å². The summed E-state index contributed by atoms with van der Waals surface area (Å²) in [6, 6.07) is 11.5. The first kappa shape index (κ1) is 16.9. The number of benzene rings is 2. The Bertz CT molecular complexity index is 954. The molecule has 25 heavy (non-hydrogen) atoms. The quantitative estimate of drug-likeness (QED) is 0.724. The van der Waals surface area contributed by atoms with Crippen LogP contribution >= 0.6 is 0 Å². The number of tetrazole rings is 1. The van der Waals surface area contributed by atoms with Crippen LogP contribution in [0.3, 0.4) is 0 Å². The molecule has 8 nitrogen and oxygen atoms in total. The minimum Gasteiger partial charge on any atom is -0.494 e. The summed E-state index contributed by atoms with van der Waals surface area (Å²) in [7, 11) is -3.72. The molecule has 0 amide bonds. The number of aromatic nitrogens is 4. The van der Waals surface area contributed by atoms with Gasteiger partial charge in [-0.3, -0.25) is 4.72 Å². The maximum absolute atomic E-state index is 12.6. The lowest BCUT2D eigenvalue weighted by Crippen LogP contribution is -2.14. The van der Waals surface area contributed by atoms with Crippen molar-refractivity contribution in [3.8, 4) is 11.4 Å². The molecule has 0 saturated heterocycles. The van der Waals surface area contributed by atoms with Gasteiger partial charge in [0.1, 0.15) is 12.1 Å². The second-order valence-corrected chi connectivity index (χ2v) is 6.90. The number of ether oxygens (including phenoxy) is 1. The molecular weight excluding hydrogens is 342 g/mol. The van der Waals surface area contributed by atoms with E-state index in [1.807, 2.05) is 6.92 Å². The Hall–Kier alpha value is -2.94. The monoisotopic (exact) mass is 359 g/mol. The standard InChI is InChI=1S/C16H17N5O3S/c1-3-24-13-7-9-14(10-8-13)25(22,23)18-15-5-4-6-16(12(15)2)21-11-17-19-20-21/h4-11,18H,3H2,1-2H3. The molecule has 1 N–H and O–H groups in total. The van der Waals surface area contributed by atoms with Crippen LogP contribution in [0, 0.1) is 6.92 Å². The van der Waals surface area contributed by atoms with Crippen LogP contribution in [-0.4, -0.2) is 35.2 Å². The number of sulfonamides is 1. The molecule has 3 rings (SSSR count). The van der Waals surface area contributed by atoms with Gasteiger partial charge in [-0.25, -0.2) is 13.1 Å². The van der Waals surface area contributed by atoms with E-state index >= 15 is 0 Å². The lowest BCUT2D eigenvalue weighted by molar-refractivity contribution is 0.340. The Morgan fingerprint density at radius 1 is 1.16 bits per heavy atom. The summed E-state index contributed by atoms with van der Waals surface area (Å²) in [4.78, 5) is 0.156. The van der Waals surface area contributed by atoms with Gasteiger partial charge in [0.15, 0.2) is 0 Å². The minimum atomic E-state index is -3.72. The summed E-state index contributed by atoms with van der Waals surface area (Å²) in [6.07, 6.45) is 1.45. The highest BCUT2D eigenvalue weighted by Crippen LogP contribution is 2.25. The molecule has 2 aromatic carbocycles. The van der Waals surface area contributed by atoms with Gasteiger partial charge in [-0.05, 0) is 66.2 Å². The van der Waals surface area contributed by atoms with E-state index in [9.17, 15) is 8.42 Å². The molecule has 130 valence electrons. The molecule has 0 radical (unpaired) electrons. The lowest BCUT2D eigenvalue weighted by Gasteiger charge is -2.13. The van der Waals surface area contributed by atoms with E-state index in [2.05, 4.69) is 20.2 Å². The van der Waals surface area contributed by atoms with E-state index in [0.29, 0.717) is 29.3 Å². The SMILES string of the molecule is CCOc1ccc(S(=O)(=O)Nc2cccc(-n3cnnn3)c2C)cc1. The molecule has 1 aromatic heterocycles. The summed E-state index contributed by atoms with van der Waals surface area (Å²) in [5.74, 6) is 0.623. The number of nitrogens with zero attached hydrogens (tertiary/aromatic N) is 4. The van der Waals surface area contributed by atoms with E-state index in [1.54, 1.807) is 37.3 Å². The molecule has 0 atom stereocenters. The fourth-order valence-corrected chi connectivity index (χ4v) is 3.46. The summed E-state index contributed by atoms with van der Waals surface area (Å²) in [6.45, 7) is 4.19. The van der Waals surface area contributed by atoms with Crippen LogP contribution in [0.15, 0.2) is 53.7 Å². The van der Waals surface area contributed by atoms with Gasteiger partial charge in [0.25, 0.3) is 10.0 Å². The molecule has 0 bridgehead atoms. The number of anilines is 1. The molecular formula is C16H17N5O3S. The topological polar surface area (TPSA) is 99.0 Å². The first-order chi connectivity index (χ1) is 12.0. The highest BCUT2D eigenvalue weighted by Gasteiger charge is 2.17. The zero-order chi connectivity index (χ0) is 17.9. The van der Waals surface area contributed by atoms with Gasteiger partial charge in [-0.2, -0.15) is 0 Å². The van der Waals surface area contributed by atoms with E-state index in [-0.39, 0.29) is 4.90 Å². The average Bonchev–Trinajstić information content (AvgIpc) is 3.12. The Kier molecular flexibility index (Phi) is 4.66. The summed E-state index contributed by atoms with van der Waals surface area (Å²) in [5, 5.41) is 11.0. The third-order valence-electron chi connectivity index (χ3n) is 3.59. The molecule has 9 heteroatoms. The lowest BCUT2D eigenvalue weighted by atomic mass is 10.1. The predicted octanol–water partition coefficient (Wildman–Crippen LogP) is 2.17. The Morgan fingerprint density at radius 3 is 2.56 bits per heavy atom. The van der Waals surface area contributed by atoms with Crippen LogP contribution in [0.4, 0.5) is 5.69 Å². The smallest absolute Gasteiger partial charge is 0.261 e. The first-order valence-corrected chi connectivity index (χ1v) is 9.08. The largest absolute Gasteiger partial charge is 0.494 e. The van der Waals surface area contributed by atoms with Crippen LogP contribution in [0.1, 0.15) is 12.5 Å². The van der Waals surface area contributed by atoms with Gasteiger partial charge in [-0.15, -0.1) is 5.10 Å². The average molecular weight is 359 g/mol. The Balaban J connectivity index is 1.89. The van der Waals surface area contributed by atoms with Crippen LogP contribution in [0.5, 0.6) is 5.75 Å². The molecule has 0 aliphatic rings. The van der Waals surface area contributed by atoms with E-state index in [0.717, 1.165) is 0 Å². The molecule has 0 fully saturated rings. The second kappa shape index (κ2) is 6.89. The molecule has 0 aliphatic heterocycles. The zero-order valence-electron chi connectivity index (χ0n) is 13.7. The van der Waals surface area contributed by atoms with Crippen molar-refractivity contribution >= 4 is 15.7 Å². The predicted molar refractivity (Wildman–Crippen MR) is 92.3 cm³/mol. The maximum atomic E-state index is 12.6. The Morgan fingerprint density at radius 2 is 1.92 bits per heavy atom. The van der Waals surface area contributed by atoms with Crippen molar-refractivity contribution in [2.75, 3.05) is 11.3 Å². The van der Waals surface area contributed by atoms with Gasteiger partial charge >= 0.3 is 0 Å². The number of rotatable bonds is 6. The number of hydrogen-bond acceptors (Lipinski definition) is 6. The van der Waals surface area contributed by atoms with E-state index < -0.39 is 10.0 Å². The van der Waals surface area contributed by atoms with Crippen LogP contribution in [0.25, 0.3) is 5.69 Å². The van der Waals surface area contributed by atoms with E-state index in [1.165, 1.54) is 23.1 Å². The molecule has 1 heterocycles. The second-order valence-electron chi connectivity index (χ2n) is 5.21. The van der Waals surface area contributed by atoms with Gasteiger partial charge in [0.05, 0.1) is 22.9 Å². The van der Waals surface area contributed by atoms with Gasteiger partial charge < -0.3 is 4.74 Å². The van der Waals surface area contributed by atoms with Crippen LogP contribution in [0.2, 0.25) is 0 Å². The summed E-state index contributed by atoms with van der Waals surface area (Å²) in [5.41, 5.74) is 1.86. The van der Waals surface area contributed by atoms with Gasteiger partial charge in [-0.1, -0.05) is 6.07 Å². The molecule has 0 spiro atoms. The summed E-state index contributed by atoms with van der Waals surface area (Å²) < 4.78 is 34.7. The van der Waals surface area contributed by atoms with Crippen molar-refractivity contribution in [1.29, 1.82) is 0 Å². The van der Waals surface area contributed by atoms with Crippen molar-refractivity contribution in [3.63, 3.8) is 0 Å². The van der Waals surface area contributed by atoms with Crippen molar-refractivity contribution < 1.29 is 13.2 Å². The van der Waals surface area contributed by atoms with Gasteiger partial charge in [0.2, 0.25) is 0 Å². The highest BCUT2D eigenvalue weighted by atomic mass is 32.2. The molecule has 3 aromatic rings. The van der Waals surface area contributed by atoms with Gasteiger partial charge in [0, 0.05) is 0 Å². The number of hydrogen-bond donors (Lipinski definition) is 1. The number of nitrogens with one attached hydrogen (secondary N) is 1. The molecule has 0 aliphatic carbocycles. The molecule has 0 unspecified atom stereocenters. The van der Waals surface area contributed by atoms with Crippen molar-refractivity contribution in [2.24, 2.45) is 0 Å². The maximum Gasteiger partial charge on any atom is 0.261 e. The Labute approximate surface area is 145 Å². The first-order valence-electron chi connectivity index (χ1n) is 7.60. The third-order valence-corrected chi connectivity index (χ3v) is 4.97. The summed E-state index contributed by atoms with van der Waals surface area (Å²) >= 11 is 0. The fourth-order valence-electron chi connectivity index (χ4n) is 2.34. The van der Waals surface area contributed by atoms with Crippen LogP contribution < -0.4 is 9.46 Å². The highest BCUT2D eigenvalue weighted by molar-refractivity contribution is 7.92. The third kappa shape index (κ3) is 3.61. The van der Waals surface area contributed by atoms with Crippen LogP contribution in [-0.2, 0) is 10.0 Å². The zero-order valence-corrected chi connectivity index (χ0v) is 14.6. The molecule has 0 saturated carbocycles.